The Bertz CT molecular complexity index is 1500. The van der Waals surface area contributed by atoms with Crippen molar-refractivity contribution in [3.63, 3.8) is 0 Å². The van der Waals surface area contributed by atoms with Gasteiger partial charge in [-0.15, -0.1) is 22.7 Å². The number of carbonyl (C=O) groups excluding carboxylic acids is 1. The van der Waals surface area contributed by atoms with E-state index in [-0.39, 0.29) is 25.0 Å². The maximum Gasteiger partial charge on any atom is 0.303 e. The number of carboxylic acid groups (broad SMARTS) is 2. The molecular formula is C29H30O8S2. The van der Waals surface area contributed by atoms with Crippen LogP contribution in [0.25, 0.3) is 20.2 Å². The van der Waals surface area contributed by atoms with Gasteiger partial charge in [0.1, 0.15) is 5.75 Å². The number of carbonyl (C=O) groups is 3. The number of Topliss-reactive ketones (excluding diaryl/α,β-unsaturated/α-hetero) is 1. The molecule has 4 aromatic rings. The molecule has 4 rings (SSSR count). The van der Waals surface area contributed by atoms with Crippen molar-refractivity contribution in [3.05, 3.63) is 51.7 Å². The molecule has 2 aromatic heterocycles. The molecular weight excluding hydrogens is 540 g/mol. The van der Waals surface area contributed by atoms with Crippen LogP contribution in [0.2, 0.25) is 0 Å². The molecule has 206 valence electrons. The topological polar surface area (TPSA) is 119 Å². The van der Waals surface area contributed by atoms with E-state index in [0.717, 1.165) is 55.6 Å². The SMILES string of the molecule is COc1cc2sc(CCCC(=O)O)cc2cc1CCCOc1cc2cc(C(=O)CCC(=O)O)sc2cc1OC. The van der Waals surface area contributed by atoms with Gasteiger partial charge >= 0.3 is 11.9 Å². The molecule has 0 amide bonds. The molecule has 0 atom stereocenters. The van der Waals surface area contributed by atoms with E-state index >= 15 is 0 Å². The molecule has 2 aromatic carbocycles. The minimum atomic E-state index is -0.993. The summed E-state index contributed by atoms with van der Waals surface area (Å²) in [7, 11) is 3.22. The van der Waals surface area contributed by atoms with E-state index in [0.29, 0.717) is 29.4 Å². The average Bonchev–Trinajstić information content (AvgIpc) is 3.51. The lowest BCUT2D eigenvalue weighted by atomic mass is 10.1. The maximum atomic E-state index is 12.4. The van der Waals surface area contributed by atoms with Gasteiger partial charge in [0.2, 0.25) is 0 Å². The van der Waals surface area contributed by atoms with Crippen LogP contribution in [-0.4, -0.2) is 48.8 Å². The quantitative estimate of drug-likeness (QED) is 0.121. The van der Waals surface area contributed by atoms with Crippen LogP contribution >= 0.6 is 22.7 Å². The summed E-state index contributed by atoms with van der Waals surface area (Å²) >= 11 is 2.98. The molecule has 0 aliphatic carbocycles. The minimum absolute atomic E-state index is 0.0324. The van der Waals surface area contributed by atoms with E-state index in [1.54, 1.807) is 31.6 Å². The Morgan fingerprint density at radius 1 is 0.718 bits per heavy atom. The second-order valence-corrected chi connectivity index (χ2v) is 11.3. The lowest BCUT2D eigenvalue weighted by molar-refractivity contribution is -0.138. The third-order valence-electron chi connectivity index (χ3n) is 6.28. The second-order valence-electron chi connectivity index (χ2n) is 9.08. The molecule has 0 aliphatic heterocycles. The lowest BCUT2D eigenvalue weighted by Crippen LogP contribution is -2.02. The molecule has 0 spiro atoms. The molecule has 39 heavy (non-hydrogen) atoms. The molecule has 0 bridgehead atoms. The number of benzene rings is 2. The first-order valence-electron chi connectivity index (χ1n) is 12.6. The normalized spacial score (nSPS) is 11.1. The first-order chi connectivity index (χ1) is 18.8. The van der Waals surface area contributed by atoms with Crippen molar-refractivity contribution >= 4 is 60.6 Å². The number of fused-ring (bicyclic) bond motifs is 2. The van der Waals surface area contributed by atoms with Crippen molar-refractivity contribution in [3.8, 4) is 17.2 Å². The highest BCUT2D eigenvalue weighted by Gasteiger charge is 2.16. The van der Waals surface area contributed by atoms with Crippen LogP contribution in [-0.2, 0) is 22.4 Å². The highest BCUT2D eigenvalue weighted by molar-refractivity contribution is 7.21. The first-order valence-corrected chi connectivity index (χ1v) is 14.2. The first kappa shape index (κ1) is 28.4. The smallest absolute Gasteiger partial charge is 0.303 e. The Kier molecular flexibility index (Phi) is 9.42. The van der Waals surface area contributed by atoms with Gasteiger partial charge in [-0.3, -0.25) is 14.4 Å². The van der Waals surface area contributed by atoms with Gasteiger partial charge in [0, 0.05) is 33.2 Å². The highest BCUT2D eigenvalue weighted by atomic mass is 32.1. The van der Waals surface area contributed by atoms with Crippen LogP contribution in [0.3, 0.4) is 0 Å². The van der Waals surface area contributed by atoms with Crippen molar-refractivity contribution in [2.45, 2.75) is 44.9 Å². The highest BCUT2D eigenvalue weighted by Crippen LogP contribution is 2.37. The van der Waals surface area contributed by atoms with Gasteiger partial charge in [0.15, 0.2) is 17.3 Å². The standard InChI is InChI=1S/C29H30O8S2/c1-35-22-15-25-18(12-20(38-25)6-3-7-28(31)32)11-17(22)5-4-10-37-24-13-19-14-27(21(30)8-9-29(33)34)39-26(19)16-23(24)36-2/h11-16H,3-10H2,1-2H3,(H,31,32)(H,33,34). The zero-order chi connectivity index (χ0) is 27.9. The van der Waals surface area contributed by atoms with Gasteiger partial charge in [-0.05, 0) is 72.4 Å². The Balaban J connectivity index is 1.40. The van der Waals surface area contributed by atoms with Gasteiger partial charge in [0.05, 0.1) is 32.1 Å². The summed E-state index contributed by atoms with van der Waals surface area (Å²) in [5.74, 6) is 0.0123. The summed E-state index contributed by atoms with van der Waals surface area (Å²) < 4.78 is 19.2. The largest absolute Gasteiger partial charge is 0.496 e. The van der Waals surface area contributed by atoms with Crippen LogP contribution in [0.4, 0.5) is 0 Å². The molecule has 0 saturated heterocycles. The number of carboxylic acids is 2. The molecule has 2 heterocycles. The fourth-order valence-electron chi connectivity index (χ4n) is 4.34. The van der Waals surface area contributed by atoms with E-state index in [2.05, 4.69) is 12.1 Å². The van der Waals surface area contributed by atoms with Gasteiger partial charge in [-0.1, -0.05) is 0 Å². The number of hydrogen-bond acceptors (Lipinski definition) is 8. The molecule has 0 radical (unpaired) electrons. The summed E-state index contributed by atoms with van der Waals surface area (Å²) in [6.45, 7) is 0.446. The van der Waals surface area contributed by atoms with E-state index in [4.69, 9.17) is 24.4 Å². The Labute approximate surface area is 233 Å². The predicted molar refractivity (Wildman–Crippen MR) is 152 cm³/mol. The maximum absolute atomic E-state index is 12.4. The number of thiophene rings is 2. The molecule has 0 fully saturated rings. The van der Waals surface area contributed by atoms with Crippen molar-refractivity contribution in [1.82, 2.24) is 0 Å². The van der Waals surface area contributed by atoms with Gasteiger partial charge < -0.3 is 24.4 Å². The average molecular weight is 571 g/mol. The van der Waals surface area contributed by atoms with E-state index in [9.17, 15) is 14.4 Å². The summed E-state index contributed by atoms with van der Waals surface area (Å²) in [6, 6.07) is 11.8. The van der Waals surface area contributed by atoms with Crippen LogP contribution in [0.15, 0.2) is 36.4 Å². The third-order valence-corrected chi connectivity index (χ3v) is 8.57. The van der Waals surface area contributed by atoms with Crippen molar-refractivity contribution in [1.29, 1.82) is 0 Å². The van der Waals surface area contributed by atoms with E-state index in [1.807, 2.05) is 18.2 Å². The van der Waals surface area contributed by atoms with Crippen molar-refractivity contribution in [2.75, 3.05) is 20.8 Å². The van der Waals surface area contributed by atoms with E-state index in [1.165, 1.54) is 11.3 Å². The molecule has 0 unspecified atom stereocenters. The zero-order valence-corrected chi connectivity index (χ0v) is 23.4. The fourth-order valence-corrected chi connectivity index (χ4v) is 6.50. The Morgan fingerprint density at radius 3 is 2.13 bits per heavy atom. The summed E-state index contributed by atoms with van der Waals surface area (Å²) in [5, 5.41) is 19.7. The monoisotopic (exact) mass is 570 g/mol. The van der Waals surface area contributed by atoms with Crippen LogP contribution < -0.4 is 14.2 Å². The van der Waals surface area contributed by atoms with Crippen LogP contribution in [0, 0.1) is 0 Å². The summed E-state index contributed by atoms with van der Waals surface area (Å²) in [6.07, 6.45) is 2.78. The predicted octanol–water partition coefficient (Wildman–Crippen LogP) is 6.60. The van der Waals surface area contributed by atoms with Crippen LogP contribution in [0.5, 0.6) is 17.2 Å². The second kappa shape index (κ2) is 12.9. The number of aryl methyl sites for hydroxylation is 2. The fraction of sp³-hybridized carbons (Fsp3) is 0.345. The lowest BCUT2D eigenvalue weighted by Gasteiger charge is -2.12. The number of ether oxygens (including phenoxy) is 3. The number of methoxy groups -OCH3 is 2. The molecule has 10 heteroatoms. The molecule has 8 nitrogen and oxygen atoms in total. The Morgan fingerprint density at radius 2 is 1.41 bits per heavy atom. The number of hydrogen-bond donors (Lipinski definition) is 2. The van der Waals surface area contributed by atoms with Crippen molar-refractivity contribution in [2.24, 2.45) is 0 Å². The number of ketones is 1. The molecule has 2 N–H and O–H groups in total. The molecule has 0 saturated carbocycles. The summed E-state index contributed by atoms with van der Waals surface area (Å²) in [5.41, 5.74) is 1.08. The number of rotatable bonds is 15. The third kappa shape index (κ3) is 7.27. The van der Waals surface area contributed by atoms with E-state index < -0.39 is 11.9 Å². The minimum Gasteiger partial charge on any atom is -0.496 e. The van der Waals surface area contributed by atoms with Crippen molar-refractivity contribution < 1.29 is 38.8 Å². The molecule has 0 aliphatic rings. The van der Waals surface area contributed by atoms with Gasteiger partial charge in [-0.25, -0.2) is 0 Å². The summed E-state index contributed by atoms with van der Waals surface area (Å²) in [4.78, 5) is 35.6. The Hall–Kier alpha value is -3.63. The van der Waals surface area contributed by atoms with Gasteiger partial charge in [0.25, 0.3) is 0 Å². The van der Waals surface area contributed by atoms with Crippen LogP contribution in [0.1, 0.15) is 52.2 Å². The zero-order valence-electron chi connectivity index (χ0n) is 21.8. The number of aliphatic carboxylic acids is 2. The van der Waals surface area contributed by atoms with Gasteiger partial charge in [-0.2, -0.15) is 0 Å².